The number of rotatable bonds is 2. The van der Waals surface area contributed by atoms with E-state index >= 15 is 0 Å². The van der Waals surface area contributed by atoms with Gasteiger partial charge < -0.3 is 5.11 Å². The molecule has 0 amide bonds. The Morgan fingerprint density at radius 1 is 1.16 bits per heavy atom. The SMILES string of the molecule is O=C1CCC(O)(c2cnnn2-c2ccccc2)CC1. The van der Waals surface area contributed by atoms with Gasteiger partial charge in [0.25, 0.3) is 0 Å². The van der Waals surface area contributed by atoms with Crippen LogP contribution in [0.2, 0.25) is 0 Å². The molecule has 0 radical (unpaired) electrons. The van der Waals surface area contributed by atoms with E-state index in [1.54, 1.807) is 10.9 Å². The topological polar surface area (TPSA) is 68.0 Å². The molecule has 5 nitrogen and oxygen atoms in total. The molecule has 98 valence electrons. The molecule has 1 aromatic carbocycles. The van der Waals surface area contributed by atoms with Gasteiger partial charge in [-0.25, -0.2) is 4.68 Å². The summed E-state index contributed by atoms with van der Waals surface area (Å²) in [5, 5.41) is 18.7. The first kappa shape index (κ1) is 12.0. The van der Waals surface area contributed by atoms with Crippen molar-refractivity contribution in [2.24, 2.45) is 0 Å². The summed E-state index contributed by atoms with van der Waals surface area (Å²) in [5.74, 6) is 0.211. The number of aliphatic hydroxyl groups is 1. The molecule has 3 rings (SSSR count). The van der Waals surface area contributed by atoms with Gasteiger partial charge in [0.15, 0.2) is 0 Å². The van der Waals surface area contributed by atoms with Gasteiger partial charge in [-0.2, -0.15) is 0 Å². The van der Waals surface area contributed by atoms with Gasteiger partial charge in [0.2, 0.25) is 0 Å². The third kappa shape index (κ3) is 2.17. The summed E-state index contributed by atoms with van der Waals surface area (Å²) < 4.78 is 1.65. The summed E-state index contributed by atoms with van der Waals surface area (Å²) >= 11 is 0. The molecule has 5 heteroatoms. The van der Waals surface area contributed by atoms with Gasteiger partial charge in [0.05, 0.1) is 17.6 Å². The van der Waals surface area contributed by atoms with E-state index < -0.39 is 5.60 Å². The Morgan fingerprint density at radius 2 is 1.84 bits per heavy atom. The highest BCUT2D eigenvalue weighted by molar-refractivity contribution is 5.79. The molecule has 1 aliphatic rings. The molecular weight excluding hydrogens is 242 g/mol. The summed E-state index contributed by atoms with van der Waals surface area (Å²) in [5.41, 5.74) is 0.513. The molecule has 0 unspecified atom stereocenters. The van der Waals surface area contributed by atoms with Crippen molar-refractivity contribution in [3.05, 3.63) is 42.2 Å². The average Bonchev–Trinajstić information content (AvgIpc) is 2.93. The largest absolute Gasteiger partial charge is 0.383 e. The second-order valence-corrected chi connectivity index (χ2v) is 4.94. The Kier molecular flexibility index (Phi) is 2.91. The number of ketones is 1. The third-order valence-corrected chi connectivity index (χ3v) is 3.66. The molecular formula is C14H15N3O2. The molecule has 1 fully saturated rings. The first-order chi connectivity index (χ1) is 9.19. The van der Waals surface area contributed by atoms with Gasteiger partial charge in [-0.05, 0) is 25.0 Å². The molecule has 19 heavy (non-hydrogen) atoms. The minimum atomic E-state index is -1.01. The van der Waals surface area contributed by atoms with Crippen LogP contribution in [0.3, 0.4) is 0 Å². The maximum atomic E-state index is 11.3. The van der Waals surface area contributed by atoms with Crippen LogP contribution in [-0.2, 0) is 10.4 Å². The van der Waals surface area contributed by atoms with Crippen molar-refractivity contribution in [1.82, 2.24) is 15.0 Å². The molecule has 0 atom stereocenters. The van der Waals surface area contributed by atoms with Crippen molar-refractivity contribution in [3.63, 3.8) is 0 Å². The van der Waals surface area contributed by atoms with Crippen LogP contribution in [0.25, 0.3) is 5.69 Å². The van der Waals surface area contributed by atoms with Crippen LogP contribution >= 0.6 is 0 Å². The normalized spacial score (nSPS) is 18.5. The zero-order valence-corrected chi connectivity index (χ0v) is 10.5. The first-order valence-electron chi connectivity index (χ1n) is 6.40. The van der Waals surface area contributed by atoms with Crippen molar-refractivity contribution < 1.29 is 9.90 Å². The standard InChI is InChI=1S/C14H15N3O2/c18-12-6-8-14(19,9-7-12)13-10-15-16-17(13)11-4-2-1-3-5-11/h1-5,10,19H,6-9H2. The van der Waals surface area contributed by atoms with Crippen LogP contribution in [0.15, 0.2) is 36.5 Å². The summed E-state index contributed by atoms with van der Waals surface area (Å²) in [7, 11) is 0. The fourth-order valence-electron chi connectivity index (χ4n) is 2.51. The molecule has 0 spiro atoms. The Hall–Kier alpha value is -2.01. The fraction of sp³-hybridized carbons (Fsp3) is 0.357. The summed E-state index contributed by atoms with van der Waals surface area (Å²) in [6, 6.07) is 9.57. The van der Waals surface area contributed by atoms with Crippen LogP contribution in [0, 0.1) is 0 Å². The fourth-order valence-corrected chi connectivity index (χ4v) is 2.51. The number of carbonyl (C=O) groups is 1. The molecule has 2 aromatic rings. The molecule has 0 bridgehead atoms. The number of hydrogen-bond acceptors (Lipinski definition) is 4. The van der Waals surface area contributed by atoms with Gasteiger partial charge in [-0.1, -0.05) is 23.4 Å². The lowest BCUT2D eigenvalue weighted by Crippen LogP contribution is -2.33. The van der Waals surface area contributed by atoms with Crippen LogP contribution in [-0.4, -0.2) is 25.9 Å². The van der Waals surface area contributed by atoms with Crippen molar-refractivity contribution >= 4 is 5.78 Å². The minimum absolute atomic E-state index is 0.211. The molecule has 1 heterocycles. The molecule has 0 aliphatic heterocycles. The second kappa shape index (κ2) is 4.59. The van der Waals surface area contributed by atoms with Crippen LogP contribution in [0.1, 0.15) is 31.4 Å². The van der Waals surface area contributed by atoms with Gasteiger partial charge in [0.1, 0.15) is 11.4 Å². The van der Waals surface area contributed by atoms with Crippen LogP contribution < -0.4 is 0 Å². The number of Topliss-reactive ketones (excluding diaryl/α,β-unsaturated/α-hetero) is 1. The van der Waals surface area contributed by atoms with E-state index in [-0.39, 0.29) is 5.78 Å². The van der Waals surface area contributed by atoms with E-state index in [2.05, 4.69) is 10.3 Å². The van der Waals surface area contributed by atoms with E-state index in [1.165, 1.54) is 0 Å². The predicted octanol–water partition coefficient (Wildman–Crippen LogP) is 1.60. The minimum Gasteiger partial charge on any atom is -0.383 e. The lowest BCUT2D eigenvalue weighted by Gasteiger charge is -2.31. The zero-order chi connectivity index (χ0) is 13.3. The van der Waals surface area contributed by atoms with E-state index in [4.69, 9.17) is 0 Å². The molecule has 1 N–H and O–H groups in total. The monoisotopic (exact) mass is 257 g/mol. The maximum absolute atomic E-state index is 11.3. The van der Waals surface area contributed by atoms with Crippen LogP contribution in [0.5, 0.6) is 0 Å². The zero-order valence-electron chi connectivity index (χ0n) is 10.5. The smallest absolute Gasteiger partial charge is 0.133 e. The number of aromatic nitrogens is 3. The van der Waals surface area contributed by atoms with Gasteiger partial charge in [0, 0.05) is 12.8 Å². The van der Waals surface area contributed by atoms with Crippen molar-refractivity contribution in [1.29, 1.82) is 0 Å². The molecule has 1 aliphatic carbocycles. The van der Waals surface area contributed by atoms with E-state index in [0.29, 0.717) is 31.4 Å². The summed E-state index contributed by atoms with van der Waals surface area (Å²) in [6.45, 7) is 0. The van der Waals surface area contributed by atoms with Crippen molar-refractivity contribution in [2.75, 3.05) is 0 Å². The molecule has 1 saturated carbocycles. The highest BCUT2D eigenvalue weighted by atomic mass is 16.3. The average molecular weight is 257 g/mol. The van der Waals surface area contributed by atoms with E-state index in [0.717, 1.165) is 5.69 Å². The van der Waals surface area contributed by atoms with Gasteiger partial charge in [-0.3, -0.25) is 4.79 Å². The van der Waals surface area contributed by atoms with Crippen LogP contribution in [0.4, 0.5) is 0 Å². The number of carbonyl (C=O) groups excluding carboxylic acids is 1. The molecule has 1 aromatic heterocycles. The lowest BCUT2D eigenvalue weighted by molar-refractivity contribution is -0.126. The summed E-state index contributed by atoms with van der Waals surface area (Å²) in [4.78, 5) is 11.3. The Morgan fingerprint density at radius 3 is 2.53 bits per heavy atom. The Bertz CT molecular complexity index is 582. The lowest BCUT2D eigenvalue weighted by atomic mass is 9.82. The predicted molar refractivity (Wildman–Crippen MR) is 68.7 cm³/mol. The van der Waals surface area contributed by atoms with Gasteiger partial charge >= 0.3 is 0 Å². The third-order valence-electron chi connectivity index (χ3n) is 3.66. The maximum Gasteiger partial charge on any atom is 0.133 e. The number of hydrogen-bond donors (Lipinski definition) is 1. The van der Waals surface area contributed by atoms with E-state index in [1.807, 2.05) is 30.3 Å². The number of benzene rings is 1. The molecule has 0 saturated heterocycles. The van der Waals surface area contributed by atoms with E-state index in [9.17, 15) is 9.90 Å². The second-order valence-electron chi connectivity index (χ2n) is 4.94. The van der Waals surface area contributed by atoms with Crippen molar-refractivity contribution in [3.8, 4) is 5.69 Å². The quantitative estimate of drug-likeness (QED) is 0.887. The van der Waals surface area contributed by atoms with Gasteiger partial charge in [-0.15, -0.1) is 5.10 Å². The Balaban J connectivity index is 1.99. The summed E-state index contributed by atoms with van der Waals surface area (Å²) in [6.07, 6.45) is 3.29. The number of nitrogens with zero attached hydrogens (tertiary/aromatic N) is 3. The number of para-hydroxylation sites is 1. The first-order valence-corrected chi connectivity index (χ1v) is 6.40. The highest BCUT2D eigenvalue weighted by Gasteiger charge is 2.37. The Labute approximate surface area is 110 Å². The highest BCUT2D eigenvalue weighted by Crippen LogP contribution is 2.35. The van der Waals surface area contributed by atoms with Crippen molar-refractivity contribution in [2.45, 2.75) is 31.3 Å².